The van der Waals surface area contributed by atoms with Gasteiger partial charge in [-0.3, -0.25) is 4.79 Å². The first-order chi connectivity index (χ1) is 9.33. The Labute approximate surface area is 111 Å². The van der Waals surface area contributed by atoms with Gasteiger partial charge < -0.3 is 4.90 Å². The van der Waals surface area contributed by atoms with Crippen molar-refractivity contribution in [3.05, 3.63) is 42.2 Å². The van der Waals surface area contributed by atoms with Crippen LogP contribution in [0.25, 0.3) is 5.69 Å². The third-order valence-electron chi connectivity index (χ3n) is 3.44. The Hall–Kier alpha value is -2.17. The Kier molecular flexibility index (Phi) is 3.27. The predicted octanol–water partition coefficient (Wildman–Crippen LogP) is 1.43. The topological polar surface area (TPSA) is 51.0 Å². The molecule has 5 nitrogen and oxygen atoms in total. The summed E-state index contributed by atoms with van der Waals surface area (Å²) in [5.41, 5.74) is 2.00. The van der Waals surface area contributed by atoms with E-state index in [1.54, 1.807) is 17.1 Å². The lowest BCUT2D eigenvalue weighted by atomic mass is 10.1. The lowest BCUT2D eigenvalue weighted by Gasteiger charge is -2.15. The molecule has 0 spiro atoms. The van der Waals surface area contributed by atoms with Gasteiger partial charge in [-0.1, -0.05) is 17.3 Å². The van der Waals surface area contributed by atoms with Crippen LogP contribution in [0.2, 0.25) is 0 Å². The van der Waals surface area contributed by atoms with Gasteiger partial charge in [-0.15, -0.1) is 5.10 Å². The van der Waals surface area contributed by atoms with Crippen molar-refractivity contribution in [1.29, 1.82) is 0 Å². The number of aromatic nitrogens is 3. The van der Waals surface area contributed by atoms with Gasteiger partial charge in [0.2, 0.25) is 5.91 Å². The standard InChI is InChI=1S/C14H16N4O/c19-14(17-8-1-2-9-17)11-12-3-5-13(6-4-12)18-10-7-15-16-18/h3-7,10H,1-2,8-9,11H2. The first kappa shape index (κ1) is 11.9. The average Bonchev–Trinajstić information content (AvgIpc) is 3.13. The monoisotopic (exact) mass is 256 g/mol. The van der Waals surface area contributed by atoms with Gasteiger partial charge in [-0.25, -0.2) is 4.68 Å². The number of rotatable bonds is 3. The number of benzene rings is 1. The molecule has 3 rings (SSSR count). The van der Waals surface area contributed by atoms with Gasteiger partial charge in [0.15, 0.2) is 0 Å². The third-order valence-corrected chi connectivity index (χ3v) is 3.44. The number of hydrogen-bond donors (Lipinski definition) is 0. The van der Waals surface area contributed by atoms with Crippen LogP contribution >= 0.6 is 0 Å². The fraction of sp³-hybridized carbons (Fsp3) is 0.357. The number of nitrogens with zero attached hydrogens (tertiary/aromatic N) is 4. The number of carbonyl (C=O) groups excluding carboxylic acids is 1. The van der Waals surface area contributed by atoms with Gasteiger partial charge in [-0.2, -0.15) is 0 Å². The second-order valence-corrected chi connectivity index (χ2v) is 4.78. The zero-order valence-corrected chi connectivity index (χ0v) is 10.7. The number of hydrogen-bond acceptors (Lipinski definition) is 3. The van der Waals surface area contributed by atoms with Crippen molar-refractivity contribution in [2.45, 2.75) is 19.3 Å². The van der Waals surface area contributed by atoms with Crippen molar-refractivity contribution >= 4 is 5.91 Å². The van der Waals surface area contributed by atoms with E-state index in [9.17, 15) is 4.79 Å². The molecule has 0 bridgehead atoms. The molecular formula is C14H16N4O. The van der Waals surface area contributed by atoms with Crippen LogP contribution in [0.4, 0.5) is 0 Å². The van der Waals surface area contributed by atoms with E-state index < -0.39 is 0 Å². The first-order valence-corrected chi connectivity index (χ1v) is 6.56. The Morgan fingerprint density at radius 2 is 1.89 bits per heavy atom. The second kappa shape index (κ2) is 5.22. The Morgan fingerprint density at radius 1 is 1.16 bits per heavy atom. The fourth-order valence-electron chi connectivity index (χ4n) is 2.37. The molecule has 0 unspecified atom stereocenters. The van der Waals surface area contributed by atoms with Crippen LogP contribution in [0.1, 0.15) is 18.4 Å². The van der Waals surface area contributed by atoms with Crippen LogP contribution in [-0.2, 0) is 11.2 Å². The smallest absolute Gasteiger partial charge is 0.226 e. The molecule has 98 valence electrons. The van der Waals surface area contributed by atoms with E-state index >= 15 is 0 Å². The van der Waals surface area contributed by atoms with Gasteiger partial charge in [0, 0.05) is 13.1 Å². The molecular weight excluding hydrogens is 240 g/mol. The highest BCUT2D eigenvalue weighted by Crippen LogP contribution is 2.12. The third kappa shape index (κ3) is 2.65. The van der Waals surface area contributed by atoms with E-state index in [0.29, 0.717) is 6.42 Å². The van der Waals surface area contributed by atoms with Crippen LogP contribution in [-0.4, -0.2) is 38.9 Å². The Bertz CT molecular complexity index is 541. The molecule has 0 N–H and O–H groups in total. The Morgan fingerprint density at radius 3 is 2.53 bits per heavy atom. The van der Waals surface area contributed by atoms with Crippen LogP contribution in [0, 0.1) is 0 Å². The SMILES string of the molecule is O=C(Cc1ccc(-n2ccnn2)cc1)N1CCCC1. The van der Waals surface area contributed by atoms with Crippen molar-refractivity contribution in [3.63, 3.8) is 0 Å². The molecule has 2 aromatic rings. The summed E-state index contributed by atoms with van der Waals surface area (Å²) in [5, 5.41) is 7.71. The molecule has 0 atom stereocenters. The second-order valence-electron chi connectivity index (χ2n) is 4.78. The molecule has 1 aliphatic heterocycles. The molecule has 2 heterocycles. The van der Waals surface area contributed by atoms with Gasteiger partial charge in [-0.05, 0) is 30.5 Å². The van der Waals surface area contributed by atoms with Gasteiger partial charge >= 0.3 is 0 Å². The van der Waals surface area contributed by atoms with Crippen molar-refractivity contribution < 1.29 is 4.79 Å². The average molecular weight is 256 g/mol. The van der Waals surface area contributed by atoms with Crippen molar-refractivity contribution in [2.75, 3.05) is 13.1 Å². The van der Waals surface area contributed by atoms with E-state index in [-0.39, 0.29) is 5.91 Å². The lowest BCUT2D eigenvalue weighted by molar-refractivity contribution is -0.129. The van der Waals surface area contributed by atoms with E-state index in [2.05, 4.69) is 10.3 Å². The molecule has 1 saturated heterocycles. The largest absolute Gasteiger partial charge is 0.342 e. The minimum absolute atomic E-state index is 0.228. The highest BCUT2D eigenvalue weighted by molar-refractivity contribution is 5.79. The minimum atomic E-state index is 0.228. The summed E-state index contributed by atoms with van der Waals surface area (Å²) in [6, 6.07) is 7.87. The summed E-state index contributed by atoms with van der Waals surface area (Å²) in [4.78, 5) is 14.0. The van der Waals surface area contributed by atoms with Crippen LogP contribution in [0.3, 0.4) is 0 Å². The Balaban J connectivity index is 1.67. The van der Waals surface area contributed by atoms with Crippen LogP contribution in [0.5, 0.6) is 0 Å². The summed E-state index contributed by atoms with van der Waals surface area (Å²) in [7, 11) is 0. The highest BCUT2D eigenvalue weighted by atomic mass is 16.2. The highest BCUT2D eigenvalue weighted by Gasteiger charge is 2.17. The quantitative estimate of drug-likeness (QED) is 0.834. The molecule has 1 aromatic carbocycles. The number of amides is 1. The van der Waals surface area contributed by atoms with E-state index in [0.717, 1.165) is 37.2 Å². The van der Waals surface area contributed by atoms with E-state index in [1.807, 2.05) is 29.2 Å². The molecule has 1 aliphatic rings. The molecule has 0 aliphatic carbocycles. The summed E-state index contributed by atoms with van der Waals surface area (Å²) < 4.78 is 1.70. The molecule has 0 radical (unpaired) electrons. The normalized spacial score (nSPS) is 14.8. The fourth-order valence-corrected chi connectivity index (χ4v) is 2.37. The van der Waals surface area contributed by atoms with Crippen molar-refractivity contribution in [3.8, 4) is 5.69 Å². The molecule has 19 heavy (non-hydrogen) atoms. The lowest BCUT2D eigenvalue weighted by Crippen LogP contribution is -2.29. The van der Waals surface area contributed by atoms with Crippen LogP contribution in [0.15, 0.2) is 36.7 Å². The maximum absolute atomic E-state index is 12.0. The number of carbonyl (C=O) groups is 1. The van der Waals surface area contributed by atoms with Gasteiger partial charge in [0.05, 0.1) is 24.5 Å². The van der Waals surface area contributed by atoms with Gasteiger partial charge in [0.1, 0.15) is 0 Å². The molecule has 5 heteroatoms. The number of likely N-dealkylation sites (tertiary alicyclic amines) is 1. The molecule has 0 saturated carbocycles. The summed E-state index contributed by atoms with van der Waals surface area (Å²) in [6.45, 7) is 1.83. The first-order valence-electron chi connectivity index (χ1n) is 6.56. The van der Waals surface area contributed by atoms with Crippen molar-refractivity contribution in [1.82, 2.24) is 19.9 Å². The zero-order valence-electron chi connectivity index (χ0n) is 10.7. The predicted molar refractivity (Wildman–Crippen MR) is 70.9 cm³/mol. The van der Waals surface area contributed by atoms with Gasteiger partial charge in [0.25, 0.3) is 0 Å². The maximum atomic E-state index is 12.0. The summed E-state index contributed by atoms with van der Waals surface area (Å²) >= 11 is 0. The molecule has 1 aromatic heterocycles. The summed E-state index contributed by atoms with van der Waals surface area (Å²) in [5.74, 6) is 0.228. The molecule has 1 fully saturated rings. The molecule has 1 amide bonds. The van der Waals surface area contributed by atoms with E-state index in [4.69, 9.17) is 0 Å². The zero-order chi connectivity index (χ0) is 13.1. The van der Waals surface area contributed by atoms with Crippen molar-refractivity contribution in [2.24, 2.45) is 0 Å². The van der Waals surface area contributed by atoms with Crippen LogP contribution < -0.4 is 0 Å². The summed E-state index contributed by atoms with van der Waals surface area (Å²) in [6.07, 6.45) is 6.20. The maximum Gasteiger partial charge on any atom is 0.226 e. The minimum Gasteiger partial charge on any atom is -0.342 e. The van der Waals surface area contributed by atoms with E-state index in [1.165, 1.54) is 0 Å².